The van der Waals surface area contributed by atoms with Crippen LogP contribution in [0, 0.1) is 11.7 Å². The van der Waals surface area contributed by atoms with Crippen LogP contribution in [0.5, 0.6) is 0 Å². The predicted molar refractivity (Wildman–Crippen MR) is 85.3 cm³/mol. The van der Waals surface area contributed by atoms with Gasteiger partial charge >= 0.3 is 0 Å². The number of halogens is 2. The summed E-state index contributed by atoms with van der Waals surface area (Å²) < 4.78 is 14.2. The molecule has 20 heavy (non-hydrogen) atoms. The Morgan fingerprint density at radius 3 is 2.85 bits per heavy atom. The van der Waals surface area contributed by atoms with Crippen LogP contribution in [0.15, 0.2) is 22.7 Å². The van der Waals surface area contributed by atoms with Crippen LogP contribution in [0.25, 0.3) is 0 Å². The van der Waals surface area contributed by atoms with Crippen molar-refractivity contribution in [2.24, 2.45) is 5.92 Å². The van der Waals surface area contributed by atoms with Gasteiger partial charge in [0.15, 0.2) is 0 Å². The fraction of sp³-hybridized carbons (Fsp3) is 0.625. The lowest BCUT2D eigenvalue weighted by Crippen LogP contribution is -2.42. The monoisotopic (exact) mass is 342 g/mol. The maximum Gasteiger partial charge on any atom is 0.124 e. The van der Waals surface area contributed by atoms with Crippen LogP contribution in [0.2, 0.25) is 0 Å². The van der Waals surface area contributed by atoms with Crippen LogP contribution in [0.4, 0.5) is 4.39 Å². The van der Waals surface area contributed by atoms with Crippen LogP contribution >= 0.6 is 15.9 Å². The second kappa shape index (κ2) is 7.01. The lowest BCUT2D eigenvalue weighted by Gasteiger charge is -2.40. The lowest BCUT2D eigenvalue weighted by molar-refractivity contribution is 0.117. The quantitative estimate of drug-likeness (QED) is 0.890. The van der Waals surface area contributed by atoms with E-state index in [1.165, 1.54) is 18.4 Å². The highest BCUT2D eigenvalue weighted by Gasteiger charge is 2.31. The van der Waals surface area contributed by atoms with E-state index in [1.807, 2.05) is 6.07 Å². The zero-order valence-corrected chi connectivity index (χ0v) is 14.1. The summed E-state index contributed by atoms with van der Waals surface area (Å²) in [7, 11) is 2.17. The van der Waals surface area contributed by atoms with Crippen LogP contribution in [0.1, 0.15) is 38.3 Å². The molecule has 1 fully saturated rings. The molecule has 2 nitrogen and oxygen atoms in total. The normalized spacial score (nSPS) is 24.3. The zero-order valence-electron chi connectivity index (χ0n) is 12.5. The Hall–Kier alpha value is -0.450. The molecule has 0 aromatic heterocycles. The third kappa shape index (κ3) is 3.80. The molecule has 1 aromatic carbocycles. The van der Waals surface area contributed by atoms with E-state index in [1.54, 1.807) is 12.1 Å². The topological polar surface area (TPSA) is 15.3 Å². The molecule has 0 aliphatic carbocycles. The van der Waals surface area contributed by atoms with E-state index in [9.17, 15) is 4.39 Å². The molecular weight excluding hydrogens is 319 g/mol. The Morgan fingerprint density at radius 2 is 2.20 bits per heavy atom. The molecule has 4 heteroatoms. The SMILES string of the molecule is CC(C)NCC1CCCN(C)C1c1ccc(F)cc1Br. The van der Waals surface area contributed by atoms with E-state index < -0.39 is 0 Å². The minimum Gasteiger partial charge on any atom is -0.314 e. The van der Waals surface area contributed by atoms with E-state index in [2.05, 4.69) is 47.0 Å². The molecule has 112 valence electrons. The van der Waals surface area contributed by atoms with Crippen LogP contribution < -0.4 is 5.32 Å². The Bertz CT molecular complexity index is 450. The summed E-state index contributed by atoms with van der Waals surface area (Å²) in [5.74, 6) is 0.383. The minimum absolute atomic E-state index is 0.184. The number of piperidine rings is 1. The molecule has 0 amide bonds. The first-order valence-corrected chi connectivity index (χ1v) is 8.17. The average Bonchev–Trinajstić information content (AvgIpc) is 2.37. The van der Waals surface area contributed by atoms with Gasteiger partial charge in [0.05, 0.1) is 0 Å². The fourth-order valence-corrected chi connectivity index (χ4v) is 3.68. The van der Waals surface area contributed by atoms with E-state index in [-0.39, 0.29) is 5.82 Å². The molecule has 1 N–H and O–H groups in total. The third-order valence-corrected chi connectivity index (χ3v) is 4.76. The van der Waals surface area contributed by atoms with E-state index in [4.69, 9.17) is 0 Å². The Balaban J connectivity index is 2.22. The van der Waals surface area contributed by atoms with E-state index >= 15 is 0 Å². The third-order valence-electron chi connectivity index (χ3n) is 4.08. The molecule has 2 atom stereocenters. The second-order valence-electron chi connectivity index (χ2n) is 6.06. The van der Waals surface area contributed by atoms with Crippen molar-refractivity contribution in [2.75, 3.05) is 20.1 Å². The summed E-state index contributed by atoms with van der Waals surface area (Å²) in [6.07, 6.45) is 2.45. The average molecular weight is 343 g/mol. The minimum atomic E-state index is -0.184. The zero-order chi connectivity index (χ0) is 14.7. The molecule has 1 aliphatic heterocycles. The molecule has 2 unspecified atom stereocenters. The summed E-state index contributed by atoms with van der Waals surface area (Å²) in [6.45, 7) is 6.47. The van der Waals surface area contributed by atoms with Crippen molar-refractivity contribution in [3.63, 3.8) is 0 Å². The maximum absolute atomic E-state index is 13.3. The smallest absolute Gasteiger partial charge is 0.124 e. The number of nitrogens with zero attached hydrogens (tertiary/aromatic N) is 1. The van der Waals surface area contributed by atoms with Gasteiger partial charge in [0.25, 0.3) is 0 Å². The van der Waals surface area contributed by atoms with Gasteiger partial charge in [-0.3, -0.25) is 4.90 Å². The summed E-state index contributed by atoms with van der Waals surface area (Å²) in [4.78, 5) is 2.40. The number of benzene rings is 1. The van der Waals surface area contributed by atoms with Gasteiger partial charge < -0.3 is 5.32 Å². The molecule has 1 saturated heterocycles. The maximum atomic E-state index is 13.3. The van der Waals surface area contributed by atoms with Gasteiger partial charge in [0, 0.05) is 23.1 Å². The molecule has 1 aliphatic rings. The van der Waals surface area contributed by atoms with Gasteiger partial charge in [-0.1, -0.05) is 35.8 Å². The largest absolute Gasteiger partial charge is 0.314 e. The molecule has 1 aromatic rings. The molecule has 1 heterocycles. The first-order chi connectivity index (χ1) is 9.49. The van der Waals surface area contributed by atoms with Gasteiger partial charge in [-0.05, 0) is 50.0 Å². The highest BCUT2D eigenvalue weighted by molar-refractivity contribution is 9.10. The van der Waals surface area contributed by atoms with Crippen molar-refractivity contribution in [3.05, 3.63) is 34.1 Å². The first kappa shape index (κ1) is 15.9. The van der Waals surface area contributed by atoms with Crippen molar-refractivity contribution in [1.29, 1.82) is 0 Å². The second-order valence-corrected chi connectivity index (χ2v) is 6.91. The van der Waals surface area contributed by atoms with E-state index in [0.29, 0.717) is 18.0 Å². The van der Waals surface area contributed by atoms with Crippen molar-refractivity contribution >= 4 is 15.9 Å². The summed E-state index contributed by atoms with van der Waals surface area (Å²) >= 11 is 3.53. The Kier molecular flexibility index (Phi) is 5.58. The molecule has 0 spiro atoms. The Morgan fingerprint density at radius 1 is 1.45 bits per heavy atom. The van der Waals surface area contributed by atoms with Crippen molar-refractivity contribution in [2.45, 2.75) is 38.8 Å². The number of likely N-dealkylation sites (tertiary alicyclic amines) is 1. The van der Waals surface area contributed by atoms with Gasteiger partial charge in [0.1, 0.15) is 5.82 Å². The lowest BCUT2D eigenvalue weighted by atomic mass is 9.84. The molecule has 0 saturated carbocycles. The molecule has 2 rings (SSSR count). The fourth-order valence-electron chi connectivity index (χ4n) is 3.09. The number of rotatable bonds is 4. The van der Waals surface area contributed by atoms with Gasteiger partial charge in [-0.15, -0.1) is 0 Å². The molecule has 0 bridgehead atoms. The predicted octanol–water partition coefficient (Wildman–Crippen LogP) is 3.97. The molecular formula is C16H24BrFN2. The van der Waals surface area contributed by atoms with Crippen LogP contribution in [0.3, 0.4) is 0 Å². The first-order valence-electron chi connectivity index (χ1n) is 7.37. The summed E-state index contributed by atoms with van der Waals surface area (Å²) in [6, 6.07) is 5.92. The van der Waals surface area contributed by atoms with Gasteiger partial charge in [-0.25, -0.2) is 4.39 Å². The van der Waals surface area contributed by atoms with Crippen LogP contribution in [-0.2, 0) is 0 Å². The summed E-state index contributed by atoms with van der Waals surface area (Å²) in [5, 5.41) is 3.55. The number of nitrogens with one attached hydrogen (secondary N) is 1. The van der Waals surface area contributed by atoms with Crippen molar-refractivity contribution in [1.82, 2.24) is 10.2 Å². The van der Waals surface area contributed by atoms with Crippen molar-refractivity contribution in [3.8, 4) is 0 Å². The van der Waals surface area contributed by atoms with E-state index in [0.717, 1.165) is 17.6 Å². The highest BCUT2D eigenvalue weighted by Crippen LogP contribution is 2.38. The Labute approximate surface area is 129 Å². The number of hydrogen-bond donors (Lipinski definition) is 1. The standard InChI is InChI=1S/C16H24BrFN2/c1-11(2)19-10-12-5-4-8-20(3)16(12)14-7-6-13(18)9-15(14)17/h6-7,9,11-12,16,19H,4-5,8,10H2,1-3H3. The van der Waals surface area contributed by atoms with Gasteiger partial charge in [0.2, 0.25) is 0 Å². The number of hydrogen-bond acceptors (Lipinski definition) is 2. The van der Waals surface area contributed by atoms with Gasteiger partial charge in [-0.2, -0.15) is 0 Å². The van der Waals surface area contributed by atoms with Crippen molar-refractivity contribution < 1.29 is 4.39 Å². The van der Waals surface area contributed by atoms with Crippen LogP contribution in [-0.4, -0.2) is 31.1 Å². The summed E-state index contributed by atoms with van der Waals surface area (Å²) in [5.41, 5.74) is 1.20. The molecule has 0 radical (unpaired) electrons. The highest BCUT2D eigenvalue weighted by atomic mass is 79.9.